The second kappa shape index (κ2) is 5.12. The van der Waals surface area contributed by atoms with E-state index in [-0.39, 0.29) is 30.7 Å². The molecule has 0 atom stereocenters. The Labute approximate surface area is 121 Å². The van der Waals surface area contributed by atoms with Gasteiger partial charge in [0, 0.05) is 23.8 Å². The molecule has 1 aromatic heterocycles. The van der Waals surface area contributed by atoms with Crippen molar-refractivity contribution in [1.29, 1.82) is 0 Å². The van der Waals surface area contributed by atoms with Gasteiger partial charge in [-0.15, -0.1) is 0 Å². The van der Waals surface area contributed by atoms with E-state index in [0.29, 0.717) is 5.56 Å². The van der Waals surface area contributed by atoms with Crippen molar-refractivity contribution in [3.63, 3.8) is 0 Å². The molecule has 118 valence electrons. The Balaban J connectivity index is 2.15. The first-order chi connectivity index (χ1) is 9.54. The maximum atomic E-state index is 14.3. The van der Waals surface area contributed by atoms with Crippen molar-refractivity contribution >= 4 is 5.82 Å². The first-order valence-electron chi connectivity index (χ1n) is 6.77. The van der Waals surface area contributed by atoms with Crippen molar-refractivity contribution in [3.05, 3.63) is 23.6 Å². The summed E-state index contributed by atoms with van der Waals surface area (Å²) >= 11 is 0. The molecule has 0 amide bonds. The van der Waals surface area contributed by atoms with Gasteiger partial charge in [-0.25, -0.2) is 9.37 Å². The Hall–Kier alpha value is -1.37. The summed E-state index contributed by atoms with van der Waals surface area (Å²) in [4.78, 5) is 3.71. The fourth-order valence-corrected chi connectivity index (χ4v) is 1.90. The van der Waals surface area contributed by atoms with E-state index < -0.39 is 17.5 Å². The van der Waals surface area contributed by atoms with Gasteiger partial charge in [0.15, 0.2) is 11.6 Å². The van der Waals surface area contributed by atoms with Crippen molar-refractivity contribution < 1.29 is 17.6 Å². The van der Waals surface area contributed by atoms with Crippen LogP contribution in [0.4, 0.5) is 23.4 Å². The molecule has 2 rings (SSSR count). The van der Waals surface area contributed by atoms with Crippen LogP contribution in [0.2, 0.25) is 0 Å². The predicted molar refractivity (Wildman–Crippen MR) is 72.4 cm³/mol. The van der Waals surface area contributed by atoms with Crippen LogP contribution >= 0.6 is 0 Å². The summed E-state index contributed by atoms with van der Waals surface area (Å²) in [5, 5.41) is 5.33. The predicted octanol–water partition coefficient (Wildman–Crippen LogP) is 3.62. The quantitative estimate of drug-likeness (QED) is 0.834. The summed E-state index contributed by atoms with van der Waals surface area (Å²) in [7, 11) is 0. The third-order valence-electron chi connectivity index (χ3n) is 3.43. The topological polar surface area (TPSA) is 37.0 Å². The van der Waals surface area contributed by atoms with Gasteiger partial charge in [0.2, 0.25) is 0 Å². The van der Waals surface area contributed by atoms with Crippen LogP contribution in [0.1, 0.15) is 39.2 Å². The summed E-state index contributed by atoms with van der Waals surface area (Å²) < 4.78 is 52.9. The van der Waals surface area contributed by atoms with Gasteiger partial charge in [-0.3, -0.25) is 0 Å². The summed E-state index contributed by atoms with van der Waals surface area (Å²) in [6.45, 7) is 6.00. The fourth-order valence-electron chi connectivity index (χ4n) is 1.90. The molecule has 0 aromatic carbocycles. The lowest BCUT2D eigenvalue weighted by Crippen LogP contribution is -2.39. The first-order valence-corrected chi connectivity index (χ1v) is 6.77. The molecule has 1 aliphatic rings. The van der Waals surface area contributed by atoms with Crippen LogP contribution in [0.25, 0.3) is 0 Å². The Kier molecular flexibility index (Phi) is 3.90. The summed E-state index contributed by atoms with van der Waals surface area (Å²) in [5.74, 6) is -1.07. The zero-order valence-electron chi connectivity index (χ0n) is 12.2. The van der Waals surface area contributed by atoms with Crippen LogP contribution < -0.4 is 10.6 Å². The van der Waals surface area contributed by atoms with Gasteiger partial charge in [0.25, 0.3) is 0 Å². The maximum Gasteiger partial charge on any atom is 0.411 e. The Morgan fingerprint density at radius 2 is 1.86 bits per heavy atom. The number of hydrogen-bond donors (Lipinski definition) is 2. The van der Waals surface area contributed by atoms with Crippen molar-refractivity contribution in [2.75, 3.05) is 5.32 Å². The number of nitrogens with zero attached hydrogens (tertiary/aromatic N) is 1. The number of alkyl halides is 3. The van der Waals surface area contributed by atoms with Gasteiger partial charge in [-0.2, -0.15) is 13.2 Å². The van der Waals surface area contributed by atoms with E-state index in [1.807, 2.05) is 20.8 Å². The highest BCUT2D eigenvalue weighted by molar-refractivity contribution is 5.45. The van der Waals surface area contributed by atoms with Crippen LogP contribution in [0.15, 0.2) is 12.3 Å². The number of rotatable bonds is 4. The molecule has 2 N–H and O–H groups in total. The molecule has 7 heteroatoms. The molecule has 1 heterocycles. The summed E-state index contributed by atoms with van der Waals surface area (Å²) in [6.07, 6.45) is -3.19. The van der Waals surface area contributed by atoms with Crippen molar-refractivity contribution in [2.24, 2.45) is 0 Å². The van der Waals surface area contributed by atoms with E-state index >= 15 is 0 Å². The van der Waals surface area contributed by atoms with Crippen molar-refractivity contribution in [3.8, 4) is 0 Å². The molecule has 0 bridgehead atoms. The lowest BCUT2D eigenvalue weighted by atomic mass is 10.1. The Bertz CT molecular complexity index is 516. The molecular weight excluding hydrogens is 286 g/mol. The van der Waals surface area contributed by atoms with E-state index in [1.54, 1.807) is 0 Å². The normalized spacial score (nSPS) is 17.7. The van der Waals surface area contributed by atoms with Crippen LogP contribution in [0.5, 0.6) is 0 Å². The lowest BCUT2D eigenvalue weighted by Gasteiger charge is -2.23. The first kappa shape index (κ1) is 16.0. The monoisotopic (exact) mass is 305 g/mol. The van der Waals surface area contributed by atoms with Gasteiger partial charge >= 0.3 is 6.18 Å². The van der Waals surface area contributed by atoms with E-state index in [1.165, 1.54) is 12.3 Å². The Morgan fingerprint density at radius 1 is 1.24 bits per heavy atom. The van der Waals surface area contributed by atoms with Gasteiger partial charge < -0.3 is 10.6 Å². The maximum absolute atomic E-state index is 14.3. The number of hydrogen-bond acceptors (Lipinski definition) is 3. The molecule has 0 saturated heterocycles. The molecule has 1 fully saturated rings. The van der Waals surface area contributed by atoms with Crippen LogP contribution in [-0.2, 0) is 6.54 Å². The lowest BCUT2D eigenvalue weighted by molar-refractivity contribution is -0.151. The minimum absolute atomic E-state index is 0.0535. The molecule has 0 radical (unpaired) electrons. The number of nitrogens with one attached hydrogen (secondary N) is 2. The SMILES string of the molecule is CC(C)(C)NCc1ccnc(NC2(C(F)(F)F)CC2)c1F. The summed E-state index contributed by atoms with van der Waals surface area (Å²) in [5.41, 5.74) is -1.94. The highest BCUT2D eigenvalue weighted by atomic mass is 19.4. The Morgan fingerprint density at radius 3 is 2.33 bits per heavy atom. The fraction of sp³-hybridized carbons (Fsp3) is 0.643. The molecule has 1 aromatic rings. The van der Waals surface area contributed by atoms with Crippen molar-refractivity contribution in [1.82, 2.24) is 10.3 Å². The van der Waals surface area contributed by atoms with E-state index in [2.05, 4.69) is 15.6 Å². The highest BCUT2D eigenvalue weighted by Crippen LogP contribution is 2.51. The average Bonchev–Trinajstić information content (AvgIpc) is 3.09. The number of halogens is 4. The van der Waals surface area contributed by atoms with Gasteiger partial charge in [0.1, 0.15) is 5.54 Å². The third kappa shape index (κ3) is 3.64. The second-order valence-electron chi connectivity index (χ2n) is 6.44. The minimum Gasteiger partial charge on any atom is -0.354 e. The second-order valence-corrected chi connectivity index (χ2v) is 6.44. The van der Waals surface area contributed by atoms with Crippen LogP contribution in [0, 0.1) is 5.82 Å². The third-order valence-corrected chi connectivity index (χ3v) is 3.43. The van der Waals surface area contributed by atoms with Crippen molar-refractivity contribution in [2.45, 2.75) is 57.4 Å². The number of pyridine rings is 1. The molecular formula is C14H19F4N3. The molecule has 21 heavy (non-hydrogen) atoms. The van der Waals surface area contributed by atoms with E-state index in [9.17, 15) is 17.6 Å². The largest absolute Gasteiger partial charge is 0.411 e. The molecule has 0 spiro atoms. The van der Waals surface area contributed by atoms with Crippen LogP contribution in [0.3, 0.4) is 0 Å². The van der Waals surface area contributed by atoms with Gasteiger partial charge in [0.05, 0.1) is 0 Å². The number of anilines is 1. The highest BCUT2D eigenvalue weighted by Gasteiger charge is 2.64. The zero-order valence-corrected chi connectivity index (χ0v) is 12.2. The van der Waals surface area contributed by atoms with Gasteiger partial charge in [-0.05, 0) is 39.7 Å². The molecule has 0 unspecified atom stereocenters. The van der Waals surface area contributed by atoms with Crippen LogP contribution in [-0.4, -0.2) is 22.2 Å². The average molecular weight is 305 g/mol. The smallest absolute Gasteiger partial charge is 0.354 e. The zero-order chi connectivity index (χ0) is 15.9. The van der Waals surface area contributed by atoms with Gasteiger partial charge in [-0.1, -0.05) is 0 Å². The van der Waals surface area contributed by atoms with E-state index in [4.69, 9.17) is 0 Å². The number of aromatic nitrogens is 1. The molecule has 1 saturated carbocycles. The van der Waals surface area contributed by atoms with E-state index in [0.717, 1.165) is 0 Å². The molecule has 3 nitrogen and oxygen atoms in total. The molecule has 0 aliphatic heterocycles. The standard InChI is InChI=1S/C14H19F4N3/c1-12(2,3)20-8-9-4-7-19-11(10(9)15)21-13(5-6-13)14(16,17)18/h4,7,20H,5-6,8H2,1-3H3,(H,19,21). The molecule has 1 aliphatic carbocycles. The minimum atomic E-state index is -4.40. The summed E-state index contributed by atoms with van der Waals surface area (Å²) in [6, 6.07) is 1.46.